The molecule has 2 aromatic heterocycles. The van der Waals surface area contributed by atoms with Gasteiger partial charge in [-0.3, -0.25) is 9.69 Å². The van der Waals surface area contributed by atoms with Crippen molar-refractivity contribution in [1.29, 1.82) is 0 Å². The van der Waals surface area contributed by atoms with Crippen molar-refractivity contribution in [3.8, 4) is 5.88 Å². The first-order valence-corrected chi connectivity index (χ1v) is 9.37. The molecule has 7 heteroatoms. The molecule has 1 aliphatic heterocycles. The largest absolute Gasteiger partial charge is 0.481 e. The molecule has 3 rings (SSSR count). The number of rotatable bonds is 6. The number of carbonyl (C=O) groups is 1. The first-order valence-electron chi connectivity index (χ1n) is 8.56. The first kappa shape index (κ1) is 17.8. The molecule has 0 radical (unpaired) electrons. The maximum Gasteiger partial charge on any atom is 0.223 e. The molecule has 1 atom stereocenters. The lowest BCUT2D eigenvalue weighted by Gasteiger charge is -2.32. The molecule has 0 unspecified atom stereocenters. The number of hydrogen-bond donors (Lipinski definition) is 1. The van der Waals surface area contributed by atoms with Gasteiger partial charge in [-0.1, -0.05) is 0 Å². The third kappa shape index (κ3) is 5.24. The van der Waals surface area contributed by atoms with Crippen LogP contribution in [0.3, 0.4) is 0 Å². The number of amides is 1. The Morgan fingerprint density at radius 1 is 1.48 bits per heavy atom. The second-order valence-corrected chi connectivity index (χ2v) is 7.58. The van der Waals surface area contributed by atoms with Gasteiger partial charge in [0.2, 0.25) is 11.8 Å². The van der Waals surface area contributed by atoms with Gasteiger partial charge in [-0.2, -0.15) is 0 Å². The average Bonchev–Trinajstić information content (AvgIpc) is 3.01. The molecule has 0 aliphatic carbocycles. The maximum absolute atomic E-state index is 11.1. The molecule has 0 spiro atoms. The number of nitrogens with zero attached hydrogens (tertiary/aromatic N) is 3. The van der Waals surface area contributed by atoms with E-state index in [4.69, 9.17) is 4.74 Å². The smallest absolute Gasteiger partial charge is 0.223 e. The minimum absolute atomic E-state index is 0.0771. The number of piperidine rings is 1. The van der Waals surface area contributed by atoms with Crippen molar-refractivity contribution in [2.45, 2.75) is 32.7 Å². The van der Waals surface area contributed by atoms with E-state index in [0.717, 1.165) is 26.1 Å². The van der Waals surface area contributed by atoms with Gasteiger partial charge in [-0.25, -0.2) is 9.97 Å². The number of anilines is 1. The zero-order chi connectivity index (χ0) is 17.6. The van der Waals surface area contributed by atoms with Crippen LogP contribution in [0.2, 0.25) is 0 Å². The molecule has 0 aromatic carbocycles. The maximum atomic E-state index is 11.1. The van der Waals surface area contributed by atoms with E-state index in [1.165, 1.54) is 30.2 Å². The molecule has 25 heavy (non-hydrogen) atoms. The lowest BCUT2D eigenvalue weighted by atomic mass is 9.91. The van der Waals surface area contributed by atoms with Crippen LogP contribution in [0.5, 0.6) is 5.88 Å². The summed E-state index contributed by atoms with van der Waals surface area (Å²) in [6, 6.07) is 4.10. The molecule has 1 fully saturated rings. The van der Waals surface area contributed by atoms with E-state index in [2.05, 4.69) is 26.3 Å². The molecule has 2 aromatic rings. The summed E-state index contributed by atoms with van der Waals surface area (Å²) in [5.41, 5.74) is 1.28. The number of thiazole rings is 1. The van der Waals surface area contributed by atoms with Crippen LogP contribution in [0.25, 0.3) is 0 Å². The summed E-state index contributed by atoms with van der Waals surface area (Å²) in [6.45, 7) is 4.60. The van der Waals surface area contributed by atoms with Crippen LogP contribution in [-0.4, -0.2) is 41.0 Å². The van der Waals surface area contributed by atoms with E-state index >= 15 is 0 Å². The molecule has 1 aliphatic rings. The molecule has 134 valence electrons. The van der Waals surface area contributed by atoms with Crippen molar-refractivity contribution in [1.82, 2.24) is 14.9 Å². The Hall–Kier alpha value is -1.99. The van der Waals surface area contributed by atoms with Gasteiger partial charge in [0.25, 0.3) is 0 Å². The molecular weight excluding hydrogens is 336 g/mol. The van der Waals surface area contributed by atoms with Gasteiger partial charge in [0.1, 0.15) is 0 Å². The third-order valence-electron chi connectivity index (χ3n) is 4.35. The highest BCUT2D eigenvalue weighted by molar-refractivity contribution is 7.15. The van der Waals surface area contributed by atoms with E-state index in [1.807, 2.05) is 18.5 Å². The predicted octanol–water partition coefficient (Wildman–Crippen LogP) is 2.96. The van der Waals surface area contributed by atoms with Gasteiger partial charge < -0.3 is 10.1 Å². The van der Waals surface area contributed by atoms with Crippen molar-refractivity contribution < 1.29 is 9.53 Å². The number of carbonyl (C=O) groups excluding carboxylic acids is 1. The van der Waals surface area contributed by atoms with Gasteiger partial charge in [-0.05, 0) is 43.4 Å². The summed E-state index contributed by atoms with van der Waals surface area (Å²) in [7, 11) is 1.65. The van der Waals surface area contributed by atoms with E-state index in [-0.39, 0.29) is 5.91 Å². The second kappa shape index (κ2) is 8.40. The summed E-state index contributed by atoms with van der Waals surface area (Å²) in [5.74, 6) is 1.25. The fraction of sp³-hybridized carbons (Fsp3) is 0.500. The van der Waals surface area contributed by atoms with Crippen LogP contribution in [0, 0.1) is 5.92 Å². The quantitative estimate of drug-likeness (QED) is 0.858. The fourth-order valence-corrected chi connectivity index (χ4v) is 4.19. The number of methoxy groups -OCH3 is 1. The first-order chi connectivity index (χ1) is 12.1. The zero-order valence-electron chi connectivity index (χ0n) is 14.7. The Kier molecular flexibility index (Phi) is 5.99. The van der Waals surface area contributed by atoms with Gasteiger partial charge in [0, 0.05) is 43.4 Å². The Bertz CT molecular complexity index is 719. The van der Waals surface area contributed by atoms with Crippen LogP contribution in [0.15, 0.2) is 24.5 Å². The summed E-state index contributed by atoms with van der Waals surface area (Å²) in [5, 5.41) is 3.43. The number of nitrogens with one attached hydrogen (secondary N) is 1. The minimum Gasteiger partial charge on any atom is -0.481 e. The summed E-state index contributed by atoms with van der Waals surface area (Å²) in [4.78, 5) is 23.2. The lowest BCUT2D eigenvalue weighted by Crippen LogP contribution is -2.35. The number of aromatic nitrogens is 2. The predicted molar refractivity (Wildman–Crippen MR) is 98.9 cm³/mol. The summed E-state index contributed by atoms with van der Waals surface area (Å²) in [6.07, 6.45) is 7.20. The standard InChI is InChI=1S/C18H24N4O2S/c1-13(23)21-18-20-10-16(25-18)12-22-7-3-4-15(11-22)8-14-5-6-19-17(9-14)24-2/h5-6,9-10,15H,3-4,7-8,11-12H2,1-2H3,(H,20,21,23)/t15-/m0/s1. The van der Waals surface area contributed by atoms with Gasteiger partial charge in [-0.15, -0.1) is 11.3 Å². The molecule has 1 saturated heterocycles. The normalized spacial score (nSPS) is 18.1. The van der Waals surface area contributed by atoms with Crippen LogP contribution in [0.1, 0.15) is 30.2 Å². The molecule has 1 amide bonds. The number of ether oxygens (including phenoxy) is 1. The molecule has 1 N–H and O–H groups in total. The van der Waals surface area contributed by atoms with Crippen molar-refractivity contribution in [2.24, 2.45) is 5.92 Å². The average molecular weight is 360 g/mol. The Morgan fingerprint density at radius 3 is 3.16 bits per heavy atom. The highest BCUT2D eigenvalue weighted by Crippen LogP contribution is 2.25. The molecule has 3 heterocycles. The van der Waals surface area contributed by atoms with E-state index < -0.39 is 0 Å². The molecule has 0 bridgehead atoms. The zero-order valence-corrected chi connectivity index (χ0v) is 15.5. The summed E-state index contributed by atoms with van der Waals surface area (Å²) < 4.78 is 5.22. The van der Waals surface area contributed by atoms with Gasteiger partial charge >= 0.3 is 0 Å². The van der Waals surface area contributed by atoms with E-state index in [0.29, 0.717) is 16.9 Å². The highest BCUT2D eigenvalue weighted by atomic mass is 32.1. The van der Waals surface area contributed by atoms with E-state index in [1.54, 1.807) is 18.4 Å². The highest BCUT2D eigenvalue weighted by Gasteiger charge is 2.21. The van der Waals surface area contributed by atoms with Crippen molar-refractivity contribution in [3.63, 3.8) is 0 Å². The molecule has 6 nitrogen and oxygen atoms in total. The van der Waals surface area contributed by atoms with Crippen LogP contribution >= 0.6 is 11.3 Å². The summed E-state index contributed by atoms with van der Waals surface area (Å²) >= 11 is 1.56. The second-order valence-electron chi connectivity index (χ2n) is 6.47. The van der Waals surface area contributed by atoms with Crippen LogP contribution in [0.4, 0.5) is 5.13 Å². The number of pyridine rings is 1. The number of likely N-dealkylation sites (tertiary alicyclic amines) is 1. The Morgan fingerprint density at radius 2 is 2.36 bits per heavy atom. The third-order valence-corrected chi connectivity index (χ3v) is 5.25. The van der Waals surface area contributed by atoms with Gasteiger partial charge in [0.05, 0.1) is 7.11 Å². The lowest BCUT2D eigenvalue weighted by molar-refractivity contribution is -0.114. The SMILES string of the molecule is COc1cc(C[C@@H]2CCCN(Cc3cnc(NC(C)=O)s3)C2)ccn1. The minimum atomic E-state index is -0.0771. The van der Waals surface area contributed by atoms with Gasteiger partial charge in [0.15, 0.2) is 5.13 Å². The monoisotopic (exact) mass is 360 g/mol. The molecular formula is C18H24N4O2S. The molecule has 0 saturated carbocycles. The topological polar surface area (TPSA) is 67.3 Å². The van der Waals surface area contributed by atoms with Crippen molar-refractivity contribution in [2.75, 3.05) is 25.5 Å². The van der Waals surface area contributed by atoms with E-state index in [9.17, 15) is 4.79 Å². The Labute approximate surface area is 152 Å². The Balaban J connectivity index is 1.55. The fourth-order valence-electron chi connectivity index (χ4n) is 3.29. The van der Waals surface area contributed by atoms with Crippen molar-refractivity contribution >= 4 is 22.4 Å². The van der Waals surface area contributed by atoms with Crippen LogP contribution < -0.4 is 10.1 Å². The van der Waals surface area contributed by atoms with Crippen LogP contribution in [-0.2, 0) is 17.8 Å². The number of hydrogen-bond acceptors (Lipinski definition) is 6. The van der Waals surface area contributed by atoms with Crippen molar-refractivity contribution in [3.05, 3.63) is 35.0 Å².